The Bertz CT molecular complexity index is 2100. The van der Waals surface area contributed by atoms with Crippen LogP contribution in [0.15, 0.2) is 41.4 Å². The van der Waals surface area contributed by atoms with Gasteiger partial charge in [0.05, 0.1) is 28.2 Å². The highest BCUT2D eigenvalue weighted by atomic mass is 32.2. The zero-order chi connectivity index (χ0) is 37.2. The number of likely N-dealkylation sites (tertiary alicyclic amines) is 1. The lowest BCUT2D eigenvalue weighted by Crippen LogP contribution is -2.60. The van der Waals surface area contributed by atoms with E-state index in [1.165, 1.54) is 0 Å². The van der Waals surface area contributed by atoms with Gasteiger partial charge in [-0.05, 0) is 104 Å². The fraction of sp³-hybridized carbons (Fsp3) is 0.526. The molecular formula is C38H51N7O5S. The summed E-state index contributed by atoms with van der Waals surface area (Å²) in [4.78, 5) is 31.5. The molecule has 2 saturated heterocycles. The molecule has 0 saturated carbocycles. The molecule has 274 valence electrons. The van der Waals surface area contributed by atoms with Crippen molar-refractivity contribution in [3.05, 3.63) is 58.9 Å². The van der Waals surface area contributed by atoms with Crippen LogP contribution >= 0.6 is 0 Å². The van der Waals surface area contributed by atoms with Crippen LogP contribution in [0.2, 0.25) is 0 Å². The molecule has 2 aliphatic heterocycles. The average Bonchev–Trinajstić information content (AvgIpc) is 3.62. The highest BCUT2D eigenvalue weighted by Gasteiger charge is 2.40. The van der Waals surface area contributed by atoms with Gasteiger partial charge in [-0.3, -0.25) is 9.48 Å². The number of aromatic nitrogens is 4. The molecule has 0 atom stereocenters. The summed E-state index contributed by atoms with van der Waals surface area (Å²) in [6.07, 6.45) is 2.76. The molecule has 2 fully saturated rings. The van der Waals surface area contributed by atoms with E-state index in [1.807, 2.05) is 45.6 Å². The van der Waals surface area contributed by atoms with E-state index in [4.69, 9.17) is 9.84 Å². The Labute approximate surface area is 301 Å². The molecule has 12 nitrogen and oxygen atoms in total. The molecule has 0 aliphatic carbocycles. The number of nitrogens with zero attached hydrogens (tertiary/aromatic N) is 7. The maximum Gasteiger partial charge on any atom is 0.410 e. The van der Waals surface area contributed by atoms with E-state index >= 15 is 0 Å². The number of amides is 2. The molecule has 2 aromatic heterocycles. The molecular weight excluding hydrogens is 667 g/mol. The molecule has 2 aliphatic rings. The largest absolute Gasteiger partial charge is 0.444 e. The van der Waals surface area contributed by atoms with Crippen LogP contribution in [0, 0.1) is 27.7 Å². The number of piperidine rings is 1. The van der Waals surface area contributed by atoms with Gasteiger partial charge in [-0.15, -0.1) is 0 Å². The summed E-state index contributed by atoms with van der Waals surface area (Å²) in [5.41, 5.74) is 5.17. The van der Waals surface area contributed by atoms with E-state index in [9.17, 15) is 18.0 Å². The molecule has 51 heavy (non-hydrogen) atoms. The number of carbonyl (C=O) groups is 2. The topological polar surface area (TPSA) is 123 Å². The van der Waals surface area contributed by atoms with E-state index in [0.29, 0.717) is 51.1 Å². The summed E-state index contributed by atoms with van der Waals surface area (Å²) in [7, 11) is -3.98. The van der Waals surface area contributed by atoms with Crippen molar-refractivity contribution in [2.45, 2.75) is 104 Å². The first-order chi connectivity index (χ1) is 23.8. The lowest BCUT2D eigenvalue weighted by atomic mass is 9.91. The fourth-order valence-electron chi connectivity index (χ4n) is 7.48. The van der Waals surface area contributed by atoms with Crippen LogP contribution in [-0.2, 0) is 19.6 Å². The molecule has 4 aromatic rings. The van der Waals surface area contributed by atoms with Gasteiger partial charge in [0, 0.05) is 61.9 Å². The predicted molar refractivity (Wildman–Crippen MR) is 199 cm³/mol. The number of hydrogen-bond acceptors (Lipinski definition) is 8. The maximum absolute atomic E-state index is 14.0. The van der Waals surface area contributed by atoms with E-state index in [1.54, 1.807) is 42.3 Å². The summed E-state index contributed by atoms with van der Waals surface area (Å²) in [6, 6.07) is 8.73. The zero-order valence-corrected chi connectivity index (χ0v) is 32.4. The fourth-order valence-corrected chi connectivity index (χ4v) is 8.74. The summed E-state index contributed by atoms with van der Waals surface area (Å²) in [6.45, 7) is 22.3. The third-order valence-electron chi connectivity index (χ3n) is 10.4. The Morgan fingerprint density at radius 3 is 2.16 bits per heavy atom. The Kier molecular flexibility index (Phi) is 9.27. The van der Waals surface area contributed by atoms with Gasteiger partial charge in [0.25, 0.3) is 10.0 Å². The first-order valence-electron chi connectivity index (χ1n) is 17.7. The molecule has 0 spiro atoms. The van der Waals surface area contributed by atoms with Crippen LogP contribution in [-0.4, -0.2) is 93.0 Å². The number of hydrogen-bond donors (Lipinski definition) is 0. The van der Waals surface area contributed by atoms with Crippen molar-refractivity contribution in [3.8, 4) is 11.1 Å². The van der Waals surface area contributed by atoms with Gasteiger partial charge in [0.2, 0.25) is 5.91 Å². The van der Waals surface area contributed by atoms with Gasteiger partial charge in [-0.2, -0.15) is 22.7 Å². The molecule has 0 bridgehead atoms. The second kappa shape index (κ2) is 13.0. The number of anilines is 1. The van der Waals surface area contributed by atoms with Crippen molar-refractivity contribution in [3.63, 3.8) is 0 Å². The lowest BCUT2D eigenvalue weighted by molar-refractivity contribution is -0.130. The summed E-state index contributed by atoms with van der Waals surface area (Å²) < 4.78 is 36.9. The smallest absolute Gasteiger partial charge is 0.410 e. The number of rotatable bonds is 5. The average molecular weight is 718 g/mol. The number of aryl methyl sites for hydroxylation is 2. The van der Waals surface area contributed by atoms with Gasteiger partial charge in [-0.25, -0.2) is 4.79 Å². The minimum atomic E-state index is -3.98. The van der Waals surface area contributed by atoms with E-state index in [0.717, 1.165) is 48.8 Å². The predicted octanol–water partition coefficient (Wildman–Crippen LogP) is 6.39. The summed E-state index contributed by atoms with van der Waals surface area (Å²) >= 11 is 0. The van der Waals surface area contributed by atoms with Crippen LogP contribution in [0.5, 0.6) is 0 Å². The maximum atomic E-state index is 14.0. The molecule has 2 aromatic carbocycles. The van der Waals surface area contributed by atoms with Crippen molar-refractivity contribution < 1.29 is 22.7 Å². The first kappa shape index (κ1) is 36.4. The van der Waals surface area contributed by atoms with Gasteiger partial charge in [-0.1, -0.05) is 17.7 Å². The Balaban J connectivity index is 1.49. The van der Waals surface area contributed by atoms with Crippen LogP contribution in [0.4, 0.5) is 10.6 Å². The Hall–Kier alpha value is -4.39. The van der Waals surface area contributed by atoms with Gasteiger partial charge < -0.3 is 19.4 Å². The molecule has 2 amide bonds. The van der Waals surface area contributed by atoms with Crippen molar-refractivity contribution in [1.29, 1.82) is 0 Å². The number of fused-ring (bicyclic) bond motifs is 1. The standard InChI is InChI=1S/C38H51N7O5S/c1-24-11-13-30(14-12-24)51(48,49)45-32-21-25(2)26(3)33(31(32)22-39-45)34-27(4)44(29-15-17-41(18-16-29)36(47)50-37(6,7)8)40-35(34)43-20-19-42(28(5)46)23-38(43,9)10/h11-14,21-22,29H,15-20,23H2,1-10H3. The Morgan fingerprint density at radius 2 is 1.57 bits per heavy atom. The van der Waals surface area contributed by atoms with Gasteiger partial charge >= 0.3 is 6.09 Å². The van der Waals surface area contributed by atoms with Crippen molar-refractivity contribution in [2.75, 3.05) is 37.6 Å². The lowest BCUT2D eigenvalue weighted by Gasteiger charge is -2.47. The quantitative estimate of drug-likeness (QED) is 0.233. The number of benzene rings is 2. The van der Waals surface area contributed by atoms with E-state index < -0.39 is 21.2 Å². The highest BCUT2D eigenvalue weighted by Crippen LogP contribution is 2.45. The number of ether oxygens (including phenoxy) is 1. The molecule has 13 heteroatoms. The second-order valence-corrected chi connectivity index (χ2v) is 17.5. The van der Waals surface area contributed by atoms with E-state index in [-0.39, 0.29) is 22.9 Å². The van der Waals surface area contributed by atoms with Gasteiger partial charge in [0.15, 0.2) is 5.82 Å². The minimum Gasteiger partial charge on any atom is -0.444 e. The number of carbonyl (C=O) groups excluding carboxylic acids is 2. The number of piperazine rings is 1. The van der Waals surface area contributed by atoms with Crippen LogP contribution in [0.25, 0.3) is 22.0 Å². The monoisotopic (exact) mass is 717 g/mol. The Morgan fingerprint density at radius 1 is 0.922 bits per heavy atom. The zero-order valence-electron chi connectivity index (χ0n) is 31.6. The van der Waals surface area contributed by atoms with Crippen LogP contribution in [0.3, 0.4) is 0 Å². The van der Waals surface area contributed by atoms with Gasteiger partial charge in [0.1, 0.15) is 5.60 Å². The van der Waals surface area contributed by atoms with Crippen LogP contribution in [0.1, 0.15) is 82.8 Å². The van der Waals surface area contributed by atoms with Crippen molar-refractivity contribution >= 4 is 38.7 Å². The third-order valence-corrected chi connectivity index (χ3v) is 12.0. The van der Waals surface area contributed by atoms with Crippen molar-refractivity contribution in [2.24, 2.45) is 0 Å². The summed E-state index contributed by atoms with van der Waals surface area (Å²) in [5.74, 6) is 0.833. The van der Waals surface area contributed by atoms with E-state index in [2.05, 4.69) is 42.4 Å². The molecule has 4 heterocycles. The molecule has 6 rings (SSSR count). The van der Waals surface area contributed by atoms with Crippen molar-refractivity contribution in [1.82, 2.24) is 28.8 Å². The molecule has 0 N–H and O–H groups in total. The SMILES string of the molecule is CC(=O)N1CCN(c2nn(C3CCN(C(=O)OC(C)(C)C)CC3)c(C)c2-c2c(C)c(C)cc3c2cnn3S(=O)(=O)c2ccc(C)cc2)C(C)(C)C1. The normalized spacial score (nSPS) is 17.3. The molecule has 0 radical (unpaired) electrons. The second-order valence-electron chi connectivity index (χ2n) is 15.8. The third kappa shape index (κ3) is 6.72. The highest BCUT2D eigenvalue weighted by molar-refractivity contribution is 7.90. The first-order valence-corrected chi connectivity index (χ1v) is 19.1. The minimum absolute atomic E-state index is 0.0306. The van der Waals surface area contributed by atoms with Crippen LogP contribution < -0.4 is 4.90 Å². The summed E-state index contributed by atoms with van der Waals surface area (Å²) in [5, 5.41) is 10.6. The molecule has 0 unspecified atom stereocenters.